The Morgan fingerprint density at radius 1 is 1.53 bits per heavy atom. The Balaban J connectivity index is 0.00000112. The normalized spacial score (nSPS) is 39.9. The van der Waals surface area contributed by atoms with Crippen LogP contribution in [0.15, 0.2) is 0 Å². The van der Waals surface area contributed by atoms with Crippen molar-refractivity contribution in [3.8, 4) is 0 Å². The van der Waals surface area contributed by atoms with Gasteiger partial charge in [-0.05, 0) is 33.2 Å². The zero-order chi connectivity index (χ0) is 10.5. The molecule has 0 aromatic carbocycles. The van der Waals surface area contributed by atoms with Crippen molar-refractivity contribution < 1.29 is 51.2 Å². The molecule has 0 aromatic heterocycles. The van der Waals surface area contributed by atoms with Crippen molar-refractivity contribution in [2.24, 2.45) is 11.8 Å². The smallest absolute Gasteiger partial charge is 0.565 e. The Bertz CT molecular complexity index is 253. The fraction of sp³-hybridized carbons (Fsp3) is 0.818. The number of Topliss-reactive ketones (excluding diaryl/α,β-unsaturated/α-hetero) is 1. The summed E-state index contributed by atoms with van der Waals surface area (Å²) in [7, 11) is 0. The van der Waals surface area contributed by atoms with Gasteiger partial charge in [-0.3, -0.25) is 4.90 Å². The fourth-order valence-corrected chi connectivity index (χ4v) is 3.24. The van der Waals surface area contributed by atoms with E-state index in [1.807, 2.05) is 0 Å². The van der Waals surface area contributed by atoms with Crippen LogP contribution in [0, 0.1) is 59.7 Å². The van der Waals surface area contributed by atoms with Crippen molar-refractivity contribution in [1.29, 1.82) is 0 Å². The van der Waals surface area contributed by atoms with E-state index < -0.39 is 0 Å². The first kappa shape index (κ1) is 14.0. The molecule has 2 rings (SSSR count). The van der Waals surface area contributed by atoms with Crippen LogP contribution in [-0.2, 0) is 4.79 Å². The molecule has 4 atom stereocenters. The molecule has 1 saturated carbocycles. The molecule has 1 N–H and O–H groups in total. The summed E-state index contributed by atoms with van der Waals surface area (Å²) in [6.45, 7) is 7.51. The van der Waals surface area contributed by atoms with Crippen molar-refractivity contribution >= 4 is 5.78 Å². The number of carbonyl (C=O) groups is 1. The van der Waals surface area contributed by atoms with E-state index in [1.54, 1.807) is 0 Å². The number of aliphatic hydroxyl groups is 1. The molecule has 1 heterocycles. The molecule has 4 unspecified atom stereocenters. The monoisotopic (exact) mass is 337 g/mol. The molecule has 2 bridgehead atoms. The van der Waals surface area contributed by atoms with Gasteiger partial charge in [-0.2, -0.15) is 0 Å². The topological polar surface area (TPSA) is 40.5 Å². The van der Waals surface area contributed by atoms with E-state index in [2.05, 4.69) is 25.7 Å². The summed E-state index contributed by atoms with van der Waals surface area (Å²) < 4.78 is 0. The number of aliphatic hydroxyl groups excluding tert-OH is 1. The number of hydrogen-bond acceptors (Lipinski definition) is 3. The summed E-state index contributed by atoms with van der Waals surface area (Å²) in [5, 5.41) is 9.07. The molecule has 15 heavy (non-hydrogen) atoms. The summed E-state index contributed by atoms with van der Waals surface area (Å²) in [4.78, 5) is 14.1. The third-order valence-electron chi connectivity index (χ3n) is 3.80. The Kier molecular flexibility index (Phi) is 4.74. The Morgan fingerprint density at radius 2 is 2.13 bits per heavy atom. The number of fused-ring (bicyclic) bond motifs is 2. The Labute approximate surface area is 125 Å². The molecule has 80 valence electrons. The minimum Gasteiger partial charge on any atom is -0.565 e. The van der Waals surface area contributed by atoms with Gasteiger partial charge in [-0.15, -0.1) is 0 Å². The standard InChI is InChI=1S/C11H18NO2.Pr/c1-6(2)12-7(3)8-4-10(12)9(5-13)11(8)14;/h5-10,13H,4H2,1-3H3;/q-1;+3. The van der Waals surface area contributed by atoms with E-state index in [0.29, 0.717) is 12.1 Å². The van der Waals surface area contributed by atoms with Gasteiger partial charge in [0, 0.05) is 18.0 Å². The largest absolute Gasteiger partial charge is 3.00 e. The second kappa shape index (κ2) is 5.07. The molecule has 4 heteroatoms. The number of ketones is 1. The van der Waals surface area contributed by atoms with Gasteiger partial charge < -0.3 is 9.90 Å². The van der Waals surface area contributed by atoms with Crippen LogP contribution in [-0.4, -0.2) is 33.9 Å². The predicted molar refractivity (Wildman–Crippen MR) is 53.1 cm³/mol. The summed E-state index contributed by atoms with van der Waals surface area (Å²) in [6, 6.07) is 1.05. The summed E-state index contributed by atoms with van der Waals surface area (Å²) in [5.41, 5.74) is 0. The maximum Gasteiger partial charge on any atom is 3.00 e. The van der Waals surface area contributed by atoms with Crippen LogP contribution in [0.1, 0.15) is 27.2 Å². The molecular formula is C11H18NO2Pr+2. The van der Waals surface area contributed by atoms with Crippen LogP contribution in [0.3, 0.4) is 0 Å². The van der Waals surface area contributed by atoms with E-state index in [9.17, 15) is 4.79 Å². The van der Waals surface area contributed by atoms with Crippen molar-refractivity contribution in [1.82, 2.24) is 4.90 Å². The van der Waals surface area contributed by atoms with Crippen LogP contribution in [0.5, 0.6) is 0 Å². The van der Waals surface area contributed by atoms with Gasteiger partial charge in [0.05, 0.1) is 0 Å². The van der Waals surface area contributed by atoms with Crippen LogP contribution in [0.4, 0.5) is 0 Å². The molecule has 0 amide bonds. The SMILES string of the molecule is CC(C)N1C(C)C2CC1C([CH-]O)C2=O.[Pr+3]. The van der Waals surface area contributed by atoms with Crippen molar-refractivity contribution in [2.75, 3.05) is 0 Å². The number of hydrogen-bond donors (Lipinski definition) is 1. The van der Waals surface area contributed by atoms with E-state index >= 15 is 0 Å². The molecule has 0 spiro atoms. The van der Waals surface area contributed by atoms with Crippen LogP contribution < -0.4 is 0 Å². The third-order valence-corrected chi connectivity index (χ3v) is 3.80. The average molecular weight is 337 g/mol. The zero-order valence-electron chi connectivity index (χ0n) is 9.55. The van der Waals surface area contributed by atoms with Crippen LogP contribution in [0.25, 0.3) is 0 Å². The van der Waals surface area contributed by atoms with Gasteiger partial charge in [0.1, 0.15) is 5.78 Å². The number of nitrogens with zero attached hydrogens (tertiary/aromatic N) is 1. The van der Waals surface area contributed by atoms with E-state index in [4.69, 9.17) is 5.11 Å². The molecule has 1 saturated heterocycles. The van der Waals surface area contributed by atoms with Gasteiger partial charge in [-0.25, -0.2) is 6.61 Å². The van der Waals surface area contributed by atoms with E-state index in [-0.39, 0.29) is 65.0 Å². The molecule has 2 fully saturated rings. The van der Waals surface area contributed by atoms with Gasteiger partial charge in [0.25, 0.3) is 0 Å². The number of piperidine rings is 1. The zero-order valence-corrected chi connectivity index (χ0v) is 13.3. The van der Waals surface area contributed by atoms with Gasteiger partial charge in [0.2, 0.25) is 0 Å². The van der Waals surface area contributed by atoms with Crippen molar-refractivity contribution in [3.05, 3.63) is 6.61 Å². The molecular weight excluding hydrogens is 319 g/mol. The van der Waals surface area contributed by atoms with Crippen molar-refractivity contribution in [2.45, 2.75) is 45.3 Å². The molecule has 1 aliphatic carbocycles. The maximum absolute atomic E-state index is 11.8. The Morgan fingerprint density at radius 3 is 2.53 bits per heavy atom. The van der Waals surface area contributed by atoms with Crippen LogP contribution >= 0.6 is 0 Å². The summed E-state index contributed by atoms with van der Waals surface area (Å²) in [5.74, 6) is 0.149. The molecule has 3 nitrogen and oxygen atoms in total. The van der Waals surface area contributed by atoms with E-state index in [1.165, 1.54) is 0 Å². The maximum atomic E-state index is 11.8. The third kappa shape index (κ3) is 2.05. The number of rotatable bonds is 2. The molecule has 0 radical (unpaired) electrons. The molecule has 1 aliphatic heterocycles. The first-order valence-electron chi connectivity index (χ1n) is 5.36. The Hall–Kier alpha value is 0.954. The quantitative estimate of drug-likeness (QED) is 0.770. The first-order chi connectivity index (χ1) is 6.57. The second-order valence-corrected chi connectivity index (χ2v) is 4.77. The van der Waals surface area contributed by atoms with Crippen LogP contribution in [0.2, 0.25) is 0 Å². The number of likely N-dealkylation sites (tertiary alicyclic amines) is 1. The number of carbonyl (C=O) groups excluding carboxylic acids is 1. The minimum atomic E-state index is -0.237. The average Bonchev–Trinajstić information content (AvgIpc) is 2.58. The summed E-state index contributed by atoms with van der Waals surface area (Å²) >= 11 is 0. The first-order valence-corrected chi connectivity index (χ1v) is 5.36. The molecule has 2 aliphatic rings. The summed E-state index contributed by atoms with van der Waals surface area (Å²) in [6.07, 6.45) is 0.930. The van der Waals surface area contributed by atoms with Crippen molar-refractivity contribution in [3.63, 3.8) is 0 Å². The fourth-order valence-electron chi connectivity index (χ4n) is 3.24. The van der Waals surface area contributed by atoms with Gasteiger partial charge >= 0.3 is 41.3 Å². The second-order valence-electron chi connectivity index (χ2n) is 4.77. The van der Waals surface area contributed by atoms with E-state index in [0.717, 1.165) is 13.0 Å². The van der Waals surface area contributed by atoms with Gasteiger partial charge in [-0.1, -0.05) is 5.92 Å². The molecule has 0 aromatic rings. The minimum absolute atomic E-state index is 0. The predicted octanol–water partition coefficient (Wildman–Crippen LogP) is 1.21. The van der Waals surface area contributed by atoms with Gasteiger partial charge in [0.15, 0.2) is 0 Å².